The molecule has 0 spiro atoms. The Morgan fingerprint density at radius 2 is 1.62 bits per heavy atom. The van der Waals surface area contributed by atoms with Crippen LogP contribution in [0, 0.1) is 17.0 Å². The number of hydrogen-bond donors (Lipinski definition) is 0. The van der Waals surface area contributed by atoms with Gasteiger partial charge in [-0.15, -0.1) is 0 Å². The number of nitro groups is 1. The van der Waals surface area contributed by atoms with E-state index in [-0.39, 0.29) is 18.8 Å². The lowest BCUT2D eigenvalue weighted by Crippen LogP contribution is -2.38. The summed E-state index contributed by atoms with van der Waals surface area (Å²) in [6.07, 6.45) is -0.194. The lowest BCUT2D eigenvalue weighted by Gasteiger charge is -2.20. The van der Waals surface area contributed by atoms with Crippen LogP contribution in [-0.2, 0) is 9.53 Å². The third-order valence-electron chi connectivity index (χ3n) is 4.42. The molecular formula is C25H35NO6. The van der Waals surface area contributed by atoms with Crippen molar-refractivity contribution in [2.75, 3.05) is 13.7 Å². The van der Waals surface area contributed by atoms with Crippen molar-refractivity contribution in [2.45, 2.75) is 59.9 Å². The topological polar surface area (TPSA) is 95.7 Å². The fourth-order valence-electron chi connectivity index (χ4n) is 3.03. The zero-order chi connectivity index (χ0) is 24.7. The number of rotatable bonds is 9. The molecule has 2 rings (SSSR count). The van der Waals surface area contributed by atoms with Gasteiger partial charge in [0.2, 0.25) is 0 Å². The molecule has 0 N–H and O–H groups in total. The number of aryl methyl sites for hydroxylation is 1. The van der Waals surface area contributed by atoms with Crippen molar-refractivity contribution in [1.82, 2.24) is 0 Å². The molecule has 0 amide bonds. The van der Waals surface area contributed by atoms with Crippen molar-refractivity contribution in [1.29, 1.82) is 0 Å². The Morgan fingerprint density at radius 3 is 2.09 bits per heavy atom. The number of ketones is 1. The molecule has 7 nitrogen and oxygen atoms in total. The van der Waals surface area contributed by atoms with Crippen LogP contribution < -0.4 is 4.74 Å². The molecule has 0 saturated heterocycles. The lowest BCUT2D eigenvalue weighted by molar-refractivity contribution is -0.514. The molecule has 176 valence electrons. The van der Waals surface area contributed by atoms with Gasteiger partial charge in [-0.2, -0.15) is 0 Å². The van der Waals surface area contributed by atoms with Crippen LogP contribution in [0.15, 0.2) is 48.5 Å². The average molecular weight is 446 g/mol. The smallest absolute Gasteiger partial charge is 0.382 e. The van der Waals surface area contributed by atoms with Crippen molar-refractivity contribution in [2.24, 2.45) is 0 Å². The zero-order valence-corrected chi connectivity index (χ0v) is 20.1. The van der Waals surface area contributed by atoms with Crippen molar-refractivity contribution in [3.8, 4) is 5.75 Å². The van der Waals surface area contributed by atoms with E-state index in [0.29, 0.717) is 16.9 Å². The van der Waals surface area contributed by atoms with Crippen molar-refractivity contribution < 1.29 is 24.0 Å². The number of carbonyl (C=O) groups excluding carboxylic acids is 2. The Hall–Kier alpha value is -3.22. The number of nitrogens with zero attached hydrogens (tertiary/aromatic N) is 1. The number of ether oxygens (including phenoxy) is 2. The molecule has 0 aliphatic carbocycles. The summed E-state index contributed by atoms with van der Waals surface area (Å²) in [6, 6.07) is 11.9. The van der Waals surface area contributed by atoms with Gasteiger partial charge in [0, 0.05) is 16.9 Å². The number of methoxy groups -OCH3 is 1. The standard InChI is InChI=1S/C21H23NO6.2C2H6/c1-4-28-21(24)20(22(25)26)18(16-7-5-6-14(2)12-16)13-19(23)15-8-10-17(27-3)11-9-15;2*1-2/h5-12,18,20H,4,13H2,1-3H3;2*1-2H3. The van der Waals surface area contributed by atoms with Crippen molar-refractivity contribution in [3.05, 3.63) is 75.3 Å². The molecule has 32 heavy (non-hydrogen) atoms. The van der Waals surface area contributed by atoms with Gasteiger partial charge >= 0.3 is 12.0 Å². The molecule has 7 heteroatoms. The van der Waals surface area contributed by atoms with E-state index in [0.717, 1.165) is 5.56 Å². The van der Waals surface area contributed by atoms with E-state index in [9.17, 15) is 19.7 Å². The highest BCUT2D eigenvalue weighted by atomic mass is 16.6. The van der Waals surface area contributed by atoms with Crippen LogP contribution in [0.5, 0.6) is 5.75 Å². The Balaban J connectivity index is 0.00000227. The van der Waals surface area contributed by atoms with E-state index in [1.165, 1.54) is 7.11 Å². The molecule has 0 aromatic heterocycles. The van der Waals surface area contributed by atoms with E-state index in [1.807, 2.05) is 40.7 Å². The largest absolute Gasteiger partial charge is 0.497 e. The van der Waals surface area contributed by atoms with Gasteiger partial charge in [0.05, 0.1) is 19.6 Å². The molecule has 2 aromatic carbocycles. The van der Waals surface area contributed by atoms with Crippen LogP contribution in [0.25, 0.3) is 0 Å². The second-order valence-corrected chi connectivity index (χ2v) is 6.36. The van der Waals surface area contributed by atoms with Crippen LogP contribution in [0.4, 0.5) is 0 Å². The molecule has 0 aliphatic heterocycles. The van der Waals surface area contributed by atoms with E-state index in [4.69, 9.17) is 9.47 Å². The maximum atomic E-state index is 12.8. The van der Waals surface area contributed by atoms with Gasteiger partial charge in [0.15, 0.2) is 5.78 Å². The summed E-state index contributed by atoms with van der Waals surface area (Å²) in [6.45, 7) is 11.5. The fourth-order valence-corrected chi connectivity index (χ4v) is 3.03. The predicted molar refractivity (Wildman–Crippen MR) is 126 cm³/mol. The first-order valence-corrected chi connectivity index (χ1v) is 10.9. The summed E-state index contributed by atoms with van der Waals surface area (Å²) < 4.78 is 9.99. The molecule has 0 aliphatic rings. The zero-order valence-electron chi connectivity index (χ0n) is 20.1. The van der Waals surface area contributed by atoms with E-state index in [2.05, 4.69) is 0 Å². The first-order chi connectivity index (χ1) is 15.4. The minimum absolute atomic E-state index is 0.0239. The quantitative estimate of drug-likeness (QED) is 0.215. The number of hydrogen-bond acceptors (Lipinski definition) is 6. The highest BCUT2D eigenvalue weighted by Crippen LogP contribution is 2.29. The van der Waals surface area contributed by atoms with Gasteiger partial charge in [0.25, 0.3) is 0 Å². The van der Waals surface area contributed by atoms with Crippen LogP contribution in [0.2, 0.25) is 0 Å². The van der Waals surface area contributed by atoms with Crippen molar-refractivity contribution >= 4 is 11.8 Å². The van der Waals surface area contributed by atoms with Gasteiger partial charge in [-0.3, -0.25) is 14.9 Å². The van der Waals surface area contributed by atoms with Crippen LogP contribution >= 0.6 is 0 Å². The third-order valence-corrected chi connectivity index (χ3v) is 4.42. The van der Waals surface area contributed by atoms with Gasteiger partial charge in [-0.25, -0.2) is 4.79 Å². The van der Waals surface area contributed by atoms with E-state index >= 15 is 0 Å². The Kier molecular flexibility index (Phi) is 14.0. The molecule has 0 saturated carbocycles. The first kappa shape index (κ1) is 28.8. The summed E-state index contributed by atoms with van der Waals surface area (Å²) >= 11 is 0. The third kappa shape index (κ3) is 8.49. The van der Waals surface area contributed by atoms with E-state index in [1.54, 1.807) is 49.4 Å². The van der Waals surface area contributed by atoms with Crippen molar-refractivity contribution in [3.63, 3.8) is 0 Å². The van der Waals surface area contributed by atoms with Gasteiger partial charge in [0.1, 0.15) is 5.75 Å². The lowest BCUT2D eigenvalue weighted by atomic mass is 9.85. The predicted octanol–water partition coefficient (Wildman–Crippen LogP) is 5.62. The SMILES string of the molecule is CC.CC.CCOC(=O)C(C(CC(=O)c1ccc(OC)cc1)c1cccc(C)c1)[N+](=O)[O-]. The van der Waals surface area contributed by atoms with Crippen LogP contribution in [0.1, 0.15) is 68.4 Å². The monoisotopic (exact) mass is 445 g/mol. The summed E-state index contributed by atoms with van der Waals surface area (Å²) in [5, 5.41) is 11.7. The van der Waals surface area contributed by atoms with Gasteiger partial charge in [-0.1, -0.05) is 57.5 Å². The van der Waals surface area contributed by atoms with Gasteiger partial charge < -0.3 is 9.47 Å². The molecule has 0 radical (unpaired) electrons. The van der Waals surface area contributed by atoms with E-state index < -0.39 is 22.9 Å². The molecule has 0 heterocycles. The molecular weight excluding hydrogens is 410 g/mol. The Labute approximate surface area is 190 Å². The Bertz CT molecular complexity index is 848. The van der Waals surface area contributed by atoms with Gasteiger partial charge in [-0.05, 0) is 43.7 Å². The second-order valence-electron chi connectivity index (χ2n) is 6.36. The molecule has 2 unspecified atom stereocenters. The minimum Gasteiger partial charge on any atom is -0.497 e. The maximum Gasteiger partial charge on any atom is 0.382 e. The number of Topliss-reactive ketones (excluding diaryl/α,β-unsaturated/α-hetero) is 1. The summed E-state index contributed by atoms with van der Waals surface area (Å²) in [5.74, 6) is -1.59. The first-order valence-electron chi connectivity index (χ1n) is 10.9. The number of benzene rings is 2. The van der Waals surface area contributed by atoms with Crippen LogP contribution in [0.3, 0.4) is 0 Å². The number of esters is 1. The normalized spacial score (nSPS) is 11.5. The molecule has 2 atom stereocenters. The highest BCUT2D eigenvalue weighted by molar-refractivity contribution is 5.97. The average Bonchev–Trinajstić information content (AvgIpc) is 2.81. The summed E-state index contributed by atoms with van der Waals surface area (Å²) in [7, 11) is 1.52. The summed E-state index contributed by atoms with van der Waals surface area (Å²) in [5.41, 5.74) is 1.83. The molecule has 0 bridgehead atoms. The Morgan fingerprint density at radius 1 is 1.03 bits per heavy atom. The number of carbonyl (C=O) groups is 2. The summed E-state index contributed by atoms with van der Waals surface area (Å²) in [4.78, 5) is 36.1. The maximum absolute atomic E-state index is 12.8. The van der Waals surface area contributed by atoms with Crippen LogP contribution in [-0.4, -0.2) is 36.4 Å². The highest BCUT2D eigenvalue weighted by Gasteiger charge is 2.42. The fraction of sp³-hybridized carbons (Fsp3) is 0.440. The second kappa shape index (κ2) is 15.6. The molecule has 2 aromatic rings. The minimum atomic E-state index is -1.66. The molecule has 0 fully saturated rings.